The van der Waals surface area contributed by atoms with E-state index in [0.717, 1.165) is 18.8 Å². The smallest absolute Gasteiger partial charge is 0.138 e. The fourth-order valence-corrected chi connectivity index (χ4v) is 1.21. The molecule has 1 rings (SSSR count). The Bertz CT molecular complexity index is 285. The van der Waals surface area contributed by atoms with Gasteiger partial charge in [0, 0.05) is 19.0 Å². The van der Waals surface area contributed by atoms with Gasteiger partial charge in [-0.05, 0) is 12.3 Å². The van der Waals surface area contributed by atoms with Gasteiger partial charge in [0.25, 0.3) is 0 Å². The summed E-state index contributed by atoms with van der Waals surface area (Å²) in [4.78, 5) is 4.21. The fourth-order valence-electron chi connectivity index (χ4n) is 1.21. The predicted molar refractivity (Wildman–Crippen MR) is 56.8 cm³/mol. The van der Waals surface area contributed by atoms with Gasteiger partial charge in [-0.1, -0.05) is 20.8 Å². The molecule has 4 nitrogen and oxygen atoms in total. The van der Waals surface area contributed by atoms with E-state index in [2.05, 4.69) is 37.8 Å². The van der Waals surface area contributed by atoms with Crippen molar-refractivity contribution in [1.82, 2.24) is 14.8 Å². The van der Waals surface area contributed by atoms with Gasteiger partial charge in [0.05, 0.1) is 0 Å². The molecule has 0 spiro atoms. The molecule has 1 aromatic rings. The van der Waals surface area contributed by atoms with Crippen LogP contribution in [-0.4, -0.2) is 20.8 Å². The van der Waals surface area contributed by atoms with Crippen LogP contribution in [0, 0.1) is 5.41 Å². The van der Waals surface area contributed by atoms with Crippen molar-refractivity contribution in [3.63, 3.8) is 0 Å². The number of aryl methyl sites for hydroxylation is 1. The average molecular weight is 196 g/mol. The molecule has 0 amide bonds. The molecule has 2 N–H and O–H groups in total. The lowest BCUT2D eigenvalue weighted by atomic mass is 9.85. The van der Waals surface area contributed by atoms with Crippen molar-refractivity contribution in [3.05, 3.63) is 12.2 Å². The molecule has 14 heavy (non-hydrogen) atoms. The Morgan fingerprint density at radius 1 is 1.50 bits per heavy atom. The Morgan fingerprint density at radius 2 is 2.14 bits per heavy atom. The van der Waals surface area contributed by atoms with Crippen molar-refractivity contribution in [1.29, 1.82) is 0 Å². The maximum Gasteiger partial charge on any atom is 0.138 e. The number of rotatable bonds is 3. The molecule has 0 saturated carbocycles. The van der Waals surface area contributed by atoms with Gasteiger partial charge in [0.15, 0.2) is 0 Å². The molecule has 0 aliphatic rings. The molecule has 1 heterocycles. The normalized spacial score (nSPS) is 14.4. The van der Waals surface area contributed by atoms with E-state index in [9.17, 15) is 0 Å². The summed E-state index contributed by atoms with van der Waals surface area (Å²) in [6.45, 7) is 9.34. The molecule has 0 aliphatic carbocycles. The summed E-state index contributed by atoms with van der Waals surface area (Å²) in [5.74, 6) is 0.981. The Hall–Kier alpha value is -0.900. The summed E-state index contributed by atoms with van der Waals surface area (Å²) in [6.07, 6.45) is 2.38. The van der Waals surface area contributed by atoms with Crippen LogP contribution in [0.4, 0.5) is 0 Å². The van der Waals surface area contributed by atoms with Gasteiger partial charge in [0.2, 0.25) is 0 Å². The third-order valence-electron chi connectivity index (χ3n) is 2.51. The number of hydrogen-bond acceptors (Lipinski definition) is 3. The maximum atomic E-state index is 6.08. The van der Waals surface area contributed by atoms with Gasteiger partial charge in [-0.3, -0.25) is 4.68 Å². The second-order valence-corrected chi connectivity index (χ2v) is 4.67. The summed E-state index contributed by atoms with van der Waals surface area (Å²) >= 11 is 0. The molecule has 0 saturated heterocycles. The van der Waals surface area contributed by atoms with E-state index in [1.807, 2.05) is 4.68 Å². The van der Waals surface area contributed by atoms with E-state index in [-0.39, 0.29) is 11.5 Å². The molecular formula is C10H20N4. The summed E-state index contributed by atoms with van der Waals surface area (Å²) in [5, 5.41) is 4.12. The molecule has 0 aromatic carbocycles. The second kappa shape index (κ2) is 4.09. The first-order valence-corrected chi connectivity index (χ1v) is 5.07. The number of nitrogens with two attached hydrogens (primary N) is 1. The first-order valence-electron chi connectivity index (χ1n) is 5.07. The van der Waals surface area contributed by atoms with Crippen LogP contribution in [0.2, 0.25) is 0 Å². The summed E-state index contributed by atoms with van der Waals surface area (Å²) < 4.78 is 1.89. The minimum absolute atomic E-state index is 0.116. The Balaban J connectivity index is 2.69. The van der Waals surface area contributed by atoms with Crippen LogP contribution in [0.1, 0.15) is 33.5 Å². The third kappa shape index (κ3) is 2.54. The van der Waals surface area contributed by atoms with E-state index < -0.39 is 0 Å². The van der Waals surface area contributed by atoms with Crippen molar-refractivity contribution in [2.75, 3.05) is 0 Å². The van der Waals surface area contributed by atoms with Crippen molar-refractivity contribution < 1.29 is 0 Å². The van der Waals surface area contributed by atoms with E-state index in [4.69, 9.17) is 5.73 Å². The largest absolute Gasteiger partial charge is 0.327 e. The van der Waals surface area contributed by atoms with Crippen LogP contribution in [0.3, 0.4) is 0 Å². The van der Waals surface area contributed by atoms with Gasteiger partial charge in [-0.25, -0.2) is 4.98 Å². The molecule has 80 valence electrons. The highest BCUT2D eigenvalue weighted by Gasteiger charge is 2.22. The van der Waals surface area contributed by atoms with E-state index in [0.29, 0.717) is 0 Å². The first-order chi connectivity index (χ1) is 6.45. The topological polar surface area (TPSA) is 56.7 Å². The average Bonchev–Trinajstić information content (AvgIpc) is 2.50. The highest BCUT2D eigenvalue weighted by molar-refractivity contribution is 4.92. The zero-order valence-electron chi connectivity index (χ0n) is 9.49. The predicted octanol–water partition coefficient (Wildman–Crippen LogP) is 1.21. The van der Waals surface area contributed by atoms with Crippen LogP contribution in [-0.2, 0) is 13.0 Å². The lowest BCUT2D eigenvalue weighted by molar-refractivity contribution is 0.311. The zero-order chi connectivity index (χ0) is 10.8. The van der Waals surface area contributed by atoms with E-state index >= 15 is 0 Å². The molecule has 0 bridgehead atoms. The highest BCUT2D eigenvalue weighted by atomic mass is 15.3. The Kier molecular flexibility index (Phi) is 3.26. The monoisotopic (exact) mass is 196 g/mol. The first kappa shape index (κ1) is 11.2. The van der Waals surface area contributed by atoms with Crippen LogP contribution in [0.15, 0.2) is 6.33 Å². The molecule has 1 atom stereocenters. The quantitative estimate of drug-likeness (QED) is 0.790. The van der Waals surface area contributed by atoms with Crippen LogP contribution in [0.25, 0.3) is 0 Å². The molecule has 0 aliphatic heterocycles. The van der Waals surface area contributed by atoms with Crippen molar-refractivity contribution in [3.8, 4) is 0 Å². The van der Waals surface area contributed by atoms with Crippen molar-refractivity contribution >= 4 is 0 Å². The molecule has 4 heteroatoms. The van der Waals surface area contributed by atoms with Gasteiger partial charge in [-0.15, -0.1) is 0 Å². The van der Waals surface area contributed by atoms with Crippen molar-refractivity contribution in [2.45, 2.75) is 46.7 Å². The molecule has 0 fully saturated rings. The third-order valence-corrected chi connectivity index (χ3v) is 2.51. The van der Waals surface area contributed by atoms with Crippen LogP contribution < -0.4 is 5.73 Å². The molecular weight excluding hydrogens is 176 g/mol. The number of nitrogens with zero attached hydrogens (tertiary/aromatic N) is 3. The number of aromatic nitrogens is 3. The van der Waals surface area contributed by atoms with E-state index in [1.54, 1.807) is 6.33 Å². The second-order valence-electron chi connectivity index (χ2n) is 4.67. The summed E-state index contributed by atoms with van der Waals surface area (Å²) in [6, 6.07) is 0.122. The minimum atomic E-state index is 0.116. The van der Waals surface area contributed by atoms with Crippen molar-refractivity contribution in [2.24, 2.45) is 11.1 Å². The Labute approximate surface area is 85.5 Å². The van der Waals surface area contributed by atoms with Gasteiger partial charge in [-0.2, -0.15) is 5.10 Å². The molecule has 1 aromatic heterocycles. The lowest BCUT2D eigenvalue weighted by Gasteiger charge is -2.26. The molecule has 0 radical (unpaired) electrons. The SMILES string of the molecule is CCn1ncnc1CC(N)C(C)(C)C. The maximum absolute atomic E-state index is 6.08. The Morgan fingerprint density at radius 3 is 2.64 bits per heavy atom. The number of hydrogen-bond donors (Lipinski definition) is 1. The van der Waals surface area contributed by atoms with E-state index in [1.165, 1.54) is 0 Å². The standard InChI is InChI=1S/C10H20N4/c1-5-14-9(12-7-13-14)6-8(11)10(2,3)4/h7-8H,5-6,11H2,1-4H3. The van der Waals surface area contributed by atoms with Gasteiger partial charge < -0.3 is 5.73 Å². The van der Waals surface area contributed by atoms with Crippen LogP contribution in [0.5, 0.6) is 0 Å². The van der Waals surface area contributed by atoms with Crippen LogP contribution >= 0.6 is 0 Å². The minimum Gasteiger partial charge on any atom is -0.327 e. The summed E-state index contributed by atoms with van der Waals surface area (Å²) in [5.41, 5.74) is 6.20. The van der Waals surface area contributed by atoms with Gasteiger partial charge >= 0.3 is 0 Å². The highest BCUT2D eigenvalue weighted by Crippen LogP contribution is 2.19. The summed E-state index contributed by atoms with van der Waals surface area (Å²) in [7, 11) is 0. The fraction of sp³-hybridized carbons (Fsp3) is 0.800. The molecule has 1 unspecified atom stereocenters. The lowest BCUT2D eigenvalue weighted by Crippen LogP contribution is -2.37. The van der Waals surface area contributed by atoms with Gasteiger partial charge in [0.1, 0.15) is 12.2 Å². The zero-order valence-corrected chi connectivity index (χ0v) is 9.49.